The molecule has 4 aliphatic carbocycles. The van der Waals surface area contributed by atoms with Crippen LogP contribution in [0.4, 0.5) is 0 Å². The van der Waals surface area contributed by atoms with E-state index in [1.54, 1.807) is 12.2 Å². The molecule has 0 aliphatic heterocycles. The van der Waals surface area contributed by atoms with Gasteiger partial charge >= 0.3 is 0 Å². The molecule has 0 aromatic rings. The minimum absolute atomic E-state index is 0.0686. The van der Waals surface area contributed by atoms with Crippen molar-refractivity contribution in [3.05, 3.63) is 36.0 Å². The molecule has 0 spiro atoms. The topological polar surface area (TPSA) is 34.1 Å². The maximum absolute atomic E-state index is 12.4. The standard InChI is InChI=1S/C20H24O2/c1-12-10-14-15-4-5-18(22)20(15,3)9-7-16(14)19(2)8-6-13(21)11-17(12)19/h6,8,11,14-16H,1,4-5,7,9-10H2,2-3H3/t14-,15+,16+,19-,20+/m1/s1. The molecule has 0 N–H and O–H groups in total. The first kappa shape index (κ1) is 14.2. The van der Waals surface area contributed by atoms with E-state index in [-0.39, 0.29) is 16.6 Å². The summed E-state index contributed by atoms with van der Waals surface area (Å²) in [5, 5.41) is 0. The molecule has 0 aromatic carbocycles. The van der Waals surface area contributed by atoms with Gasteiger partial charge in [-0.05, 0) is 61.2 Å². The average molecular weight is 296 g/mol. The number of ketones is 2. The average Bonchev–Trinajstić information content (AvgIpc) is 2.77. The van der Waals surface area contributed by atoms with Crippen LogP contribution in [0.15, 0.2) is 36.0 Å². The molecule has 3 fully saturated rings. The van der Waals surface area contributed by atoms with E-state index in [0.717, 1.165) is 43.3 Å². The minimum atomic E-state index is -0.104. The van der Waals surface area contributed by atoms with Gasteiger partial charge in [-0.2, -0.15) is 0 Å². The fourth-order valence-corrected chi connectivity index (χ4v) is 5.98. The Morgan fingerprint density at radius 1 is 1.18 bits per heavy atom. The Hall–Kier alpha value is -1.44. The third-order valence-corrected chi connectivity index (χ3v) is 7.24. The van der Waals surface area contributed by atoms with Gasteiger partial charge in [0.25, 0.3) is 0 Å². The van der Waals surface area contributed by atoms with Crippen molar-refractivity contribution in [2.24, 2.45) is 28.6 Å². The zero-order valence-corrected chi connectivity index (χ0v) is 13.5. The molecular formula is C20H24O2. The van der Waals surface area contributed by atoms with Crippen molar-refractivity contribution in [3.8, 4) is 0 Å². The number of carbonyl (C=O) groups is 2. The number of fused-ring (bicyclic) bond motifs is 5. The third kappa shape index (κ3) is 1.61. The van der Waals surface area contributed by atoms with Crippen LogP contribution in [0.1, 0.15) is 46.0 Å². The molecule has 4 aliphatic rings. The molecule has 4 rings (SSSR count). The van der Waals surface area contributed by atoms with Crippen LogP contribution in [-0.4, -0.2) is 11.6 Å². The van der Waals surface area contributed by atoms with Crippen LogP contribution >= 0.6 is 0 Å². The zero-order valence-electron chi connectivity index (χ0n) is 13.5. The number of hydrogen-bond acceptors (Lipinski definition) is 2. The zero-order chi connectivity index (χ0) is 15.7. The van der Waals surface area contributed by atoms with Gasteiger partial charge in [-0.25, -0.2) is 0 Å². The molecule has 0 unspecified atom stereocenters. The van der Waals surface area contributed by atoms with Crippen LogP contribution in [0.3, 0.4) is 0 Å². The van der Waals surface area contributed by atoms with E-state index in [4.69, 9.17) is 0 Å². The van der Waals surface area contributed by atoms with E-state index in [9.17, 15) is 9.59 Å². The van der Waals surface area contributed by atoms with Crippen molar-refractivity contribution < 1.29 is 9.59 Å². The lowest BCUT2D eigenvalue weighted by molar-refractivity contribution is -0.131. The molecule has 116 valence electrons. The summed E-state index contributed by atoms with van der Waals surface area (Å²) < 4.78 is 0. The van der Waals surface area contributed by atoms with Crippen LogP contribution in [-0.2, 0) is 9.59 Å². The highest BCUT2D eigenvalue weighted by atomic mass is 16.1. The molecule has 5 atom stereocenters. The summed E-state index contributed by atoms with van der Waals surface area (Å²) in [4.78, 5) is 24.2. The summed E-state index contributed by atoms with van der Waals surface area (Å²) >= 11 is 0. The van der Waals surface area contributed by atoms with Gasteiger partial charge in [0.05, 0.1) is 0 Å². The van der Waals surface area contributed by atoms with E-state index >= 15 is 0 Å². The first-order chi connectivity index (χ1) is 10.4. The van der Waals surface area contributed by atoms with Gasteiger partial charge in [0.2, 0.25) is 0 Å². The van der Waals surface area contributed by atoms with E-state index in [1.165, 1.54) is 0 Å². The minimum Gasteiger partial charge on any atom is -0.299 e. The van der Waals surface area contributed by atoms with E-state index in [2.05, 4.69) is 26.5 Å². The maximum Gasteiger partial charge on any atom is 0.178 e. The Kier molecular flexibility index (Phi) is 2.77. The summed E-state index contributed by atoms with van der Waals surface area (Å²) in [5.41, 5.74) is 2.09. The van der Waals surface area contributed by atoms with E-state index in [1.807, 2.05) is 0 Å². The van der Waals surface area contributed by atoms with Crippen molar-refractivity contribution in [3.63, 3.8) is 0 Å². The van der Waals surface area contributed by atoms with Gasteiger partial charge in [-0.1, -0.05) is 32.1 Å². The molecule has 2 nitrogen and oxygen atoms in total. The van der Waals surface area contributed by atoms with Gasteiger partial charge in [-0.15, -0.1) is 0 Å². The van der Waals surface area contributed by atoms with E-state index < -0.39 is 0 Å². The Balaban J connectivity index is 1.78. The van der Waals surface area contributed by atoms with Crippen LogP contribution in [0.2, 0.25) is 0 Å². The molecule has 0 saturated heterocycles. The first-order valence-corrected chi connectivity index (χ1v) is 8.53. The number of Topliss-reactive ketones (excluding diaryl/α,β-unsaturated/α-hetero) is 1. The summed E-state index contributed by atoms with van der Waals surface area (Å²) in [5.74, 6) is 2.14. The molecule has 0 aromatic heterocycles. The quantitative estimate of drug-likeness (QED) is 0.676. The monoisotopic (exact) mass is 296 g/mol. The van der Waals surface area contributed by atoms with Crippen molar-refractivity contribution in [1.29, 1.82) is 0 Å². The maximum atomic E-state index is 12.4. The van der Waals surface area contributed by atoms with E-state index in [0.29, 0.717) is 23.5 Å². The largest absolute Gasteiger partial charge is 0.299 e. The third-order valence-electron chi connectivity index (χ3n) is 7.24. The lowest BCUT2D eigenvalue weighted by atomic mass is 9.48. The van der Waals surface area contributed by atoms with Gasteiger partial charge < -0.3 is 0 Å². The van der Waals surface area contributed by atoms with Crippen LogP contribution in [0, 0.1) is 28.6 Å². The lowest BCUT2D eigenvalue weighted by Crippen LogP contribution is -2.50. The second-order valence-electron chi connectivity index (χ2n) is 8.18. The molecule has 0 radical (unpaired) electrons. The Morgan fingerprint density at radius 2 is 1.95 bits per heavy atom. The highest BCUT2D eigenvalue weighted by Gasteiger charge is 2.59. The summed E-state index contributed by atoms with van der Waals surface area (Å²) in [6.45, 7) is 8.75. The number of hydrogen-bond donors (Lipinski definition) is 0. The second-order valence-corrected chi connectivity index (χ2v) is 8.18. The fourth-order valence-electron chi connectivity index (χ4n) is 5.98. The molecule has 3 saturated carbocycles. The van der Waals surface area contributed by atoms with Gasteiger partial charge in [0, 0.05) is 17.3 Å². The highest BCUT2D eigenvalue weighted by Crippen LogP contribution is 2.64. The summed E-state index contributed by atoms with van der Waals surface area (Å²) in [6, 6.07) is 0. The molecule has 2 heteroatoms. The molecule has 22 heavy (non-hydrogen) atoms. The Bertz CT molecular complexity index is 653. The molecule has 0 amide bonds. The van der Waals surface area contributed by atoms with Crippen LogP contribution < -0.4 is 0 Å². The summed E-state index contributed by atoms with van der Waals surface area (Å²) in [7, 11) is 0. The summed E-state index contributed by atoms with van der Waals surface area (Å²) in [6.07, 6.45) is 10.5. The lowest BCUT2D eigenvalue weighted by Gasteiger charge is -2.56. The predicted molar refractivity (Wildman–Crippen MR) is 86.1 cm³/mol. The van der Waals surface area contributed by atoms with Gasteiger partial charge in [-0.3, -0.25) is 9.59 Å². The smallest absolute Gasteiger partial charge is 0.178 e. The Morgan fingerprint density at radius 3 is 2.73 bits per heavy atom. The fraction of sp³-hybridized carbons (Fsp3) is 0.600. The normalized spacial score (nSPS) is 46.9. The SMILES string of the molecule is C=C1C[C@H]2[C@H](CC[C@]3(C)C(=O)CC[C@@H]23)[C@@]2(C)C=CC(=O)C=C12. The van der Waals surface area contributed by atoms with Crippen LogP contribution in [0.25, 0.3) is 0 Å². The molecule has 0 heterocycles. The van der Waals surface area contributed by atoms with Gasteiger partial charge in [0.15, 0.2) is 5.78 Å². The van der Waals surface area contributed by atoms with Crippen molar-refractivity contribution in [2.45, 2.75) is 46.0 Å². The predicted octanol–water partition coefficient (Wildman–Crippen LogP) is 4.03. The Labute approximate surface area is 132 Å². The number of rotatable bonds is 0. The molecule has 0 bridgehead atoms. The van der Waals surface area contributed by atoms with Crippen molar-refractivity contribution in [1.82, 2.24) is 0 Å². The van der Waals surface area contributed by atoms with Gasteiger partial charge in [0.1, 0.15) is 5.78 Å². The molecular weight excluding hydrogens is 272 g/mol. The second kappa shape index (κ2) is 4.31. The number of carbonyl (C=O) groups excluding carboxylic acids is 2. The highest BCUT2D eigenvalue weighted by molar-refractivity contribution is 6.02. The van der Waals surface area contributed by atoms with Crippen molar-refractivity contribution in [2.75, 3.05) is 0 Å². The van der Waals surface area contributed by atoms with Crippen molar-refractivity contribution >= 4 is 11.6 Å². The van der Waals surface area contributed by atoms with Crippen LogP contribution in [0.5, 0.6) is 0 Å². The first-order valence-electron chi connectivity index (χ1n) is 8.53. The number of allylic oxidation sites excluding steroid dienone is 5.